The monoisotopic (exact) mass is 320 g/mol. The van der Waals surface area contributed by atoms with Crippen LogP contribution in [0.4, 0.5) is 5.69 Å². The van der Waals surface area contributed by atoms with E-state index in [2.05, 4.69) is 20.7 Å². The number of hydrogen-bond acceptors (Lipinski definition) is 3. The van der Waals surface area contributed by atoms with Crippen molar-refractivity contribution in [3.8, 4) is 0 Å². The van der Waals surface area contributed by atoms with Gasteiger partial charge < -0.3 is 5.73 Å². The number of nitrogens with one attached hydrogen (secondary N) is 1. The van der Waals surface area contributed by atoms with Gasteiger partial charge in [0.2, 0.25) is 10.0 Å². The molecule has 17 heavy (non-hydrogen) atoms. The molecular weight excluding hydrogens is 304 g/mol. The van der Waals surface area contributed by atoms with E-state index in [9.17, 15) is 8.42 Å². The molecule has 96 valence electrons. The predicted molar refractivity (Wildman–Crippen MR) is 73.2 cm³/mol. The second-order valence-electron chi connectivity index (χ2n) is 4.34. The highest BCUT2D eigenvalue weighted by Crippen LogP contribution is 2.23. The first-order chi connectivity index (χ1) is 7.74. The van der Waals surface area contributed by atoms with Crippen LogP contribution in [0.25, 0.3) is 0 Å². The van der Waals surface area contributed by atoms with Crippen molar-refractivity contribution in [3.05, 3.63) is 22.7 Å². The summed E-state index contributed by atoms with van der Waals surface area (Å²) in [6.45, 7) is 5.77. The topological polar surface area (TPSA) is 72.2 Å². The smallest absolute Gasteiger partial charge is 0.240 e. The molecule has 0 aliphatic heterocycles. The number of rotatable bonds is 4. The molecule has 0 saturated carbocycles. The van der Waals surface area contributed by atoms with Gasteiger partial charge in [0.25, 0.3) is 0 Å². The maximum atomic E-state index is 12.0. The molecule has 0 amide bonds. The van der Waals surface area contributed by atoms with Gasteiger partial charge in [0.05, 0.1) is 4.90 Å². The molecule has 1 atom stereocenters. The second kappa shape index (κ2) is 5.37. The quantitative estimate of drug-likeness (QED) is 0.836. The number of hydrogen-bond donors (Lipinski definition) is 2. The molecule has 0 bridgehead atoms. The number of sulfonamides is 1. The average molecular weight is 321 g/mol. The standard InChI is InChI=1S/C11H17BrN2O2S/c1-7(2)8(3)14-17(15,16)9-4-5-11(13)10(12)6-9/h4-8,14H,13H2,1-3H3. The highest BCUT2D eigenvalue weighted by molar-refractivity contribution is 9.10. The molecule has 1 aromatic rings. The lowest BCUT2D eigenvalue weighted by Gasteiger charge is -2.17. The zero-order valence-electron chi connectivity index (χ0n) is 10.1. The molecule has 6 heteroatoms. The van der Waals surface area contributed by atoms with E-state index < -0.39 is 10.0 Å². The van der Waals surface area contributed by atoms with Crippen LogP contribution in [0.15, 0.2) is 27.6 Å². The van der Waals surface area contributed by atoms with Crippen LogP contribution >= 0.6 is 15.9 Å². The summed E-state index contributed by atoms with van der Waals surface area (Å²) in [6, 6.07) is 4.45. The Labute approximate surface area is 111 Å². The molecule has 1 rings (SSSR count). The van der Waals surface area contributed by atoms with Crippen LogP contribution in [0, 0.1) is 5.92 Å². The fraction of sp³-hybridized carbons (Fsp3) is 0.455. The average Bonchev–Trinajstić information content (AvgIpc) is 2.21. The van der Waals surface area contributed by atoms with E-state index in [0.29, 0.717) is 10.2 Å². The summed E-state index contributed by atoms with van der Waals surface area (Å²) in [7, 11) is -3.48. The maximum Gasteiger partial charge on any atom is 0.240 e. The van der Waals surface area contributed by atoms with Gasteiger partial charge in [-0.05, 0) is 47.0 Å². The molecule has 1 unspecified atom stereocenters. The summed E-state index contributed by atoms with van der Waals surface area (Å²) >= 11 is 3.22. The zero-order valence-corrected chi connectivity index (χ0v) is 12.5. The van der Waals surface area contributed by atoms with Gasteiger partial charge in [-0.1, -0.05) is 13.8 Å². The van der Waals surface area contributed by atoms with Gasteiger partial charge >= 0.3 is 0 Å². The van der Waals surface area contributed by atoms with Gasteiger partial charge in [-0.25, -0.2) is 13.1 Å². The number of nitrogens with two attached hydrogens (primary N) is 1. The summed E-state index contributed by atoms with van der Waals surface area (Å²) in [5.74, 6) is 0.238. The summed E-state index contributed by atoms with van der Waals surface area (Å²) in [5.41, 5.74) is 6.13. The van der Waals surface area contributed by atoms with Gasteiger partial charge in [-0.15, -0.1) is 0 Å². The van der Waals surface area contributed by atoms with E-state index in [0.717, 1.165) is 0 Å². The molecule has 0 spiro atoms. The fourth-order valence-electron chi connectivity index (χ4n) is 1.12. The van der Waals surface area contributed by atoms with Crippen LogP contribution < -0.4 is 10.5 Å². The van der Waals surface area contributed by atoms with Crippen molar-refractivity contribution in [1.29, 1.82) is 0 Å². The van der Waals surface area contributed by atoms with Crippen molar-refractivity contribution in [2.24, 2.45) is 5.92 Å². The third kappa shape index (κ3) is 3.69. The van der Waals surface area contributed by atoms with Crippen LogP contribution in [0.3, 0.4) is 0 Å². The van der Waals surface area contributed by atoms with E-state index in [1.165, 1.54) is 12.1 Å². The van der Waals surface area contributed by atoms with Crippen molar-refractivity contribution in [1.82, 2.24) is 4.72 Å². The van der Waals surface area contributed by atoms with E-state index in [1.807, 2.05) is 20.8 Å². The van der Waals surface area contributed by atoms with Crippen LogP contribution in [0.1, 0.15) is 20.8 Å². The van der Waals surface area contributed by atoms with Crippen LogP contribution in [0.2, 0.25) is 0 Å². The molecule has 1 aromatic carbocycles. The Balaban J connectivity index is 3.01. The van der Waals surface area contributed by atoms with Gasteiger partial charge in [-0.2, -0.15) is 0 Å². The lowest BCUT2D eigenvalue weighted by atomic mass is 10.1. The van der Waals surface area contributed by atoms with Gasteiger partial charge in [0.1, 0.15) is 0 Å². The highest BCUT2D eigenvalue weighted by atomic mass is 79.9. The molecule has 3 N–H and O–H groups in total. The van der Waals surface area contributed by atoms with Gasteiger partial charge in [0, 0.05) is 16.2 Å². The molecule has 0 radical (unpaired) electrons. The normalized spacial score (nSPS) is 13.9. The van der Waals surface area contributed by atoms with E-state index in [-0.39, 0.29) is 16.9 Å². The van der Waals surface area contributed by atoms with Crippen molar-refractivity contribution in [2.75, 3.05) is 5.73 Å². The summed E-state index contributed by atoms with van der Waals surface area (Å²) < 4.78 is 27.3. The van der Waals surface area contributed by atoms with Gasteiger partial charge in [-0.3, -0.25) is 0 Å². The Kier molecular flexibility index (Phi) is 4.57. The number of nitrogen functional groups attached to an aromatic ring is 1. The third-order valence-corrected chi connectivity index (χ3v) is 4.87. The van der Waals surface area contributed by atoms with Crippen molar-refractivity contribution < 1.29 is 8.42 Å². The molecule has 0 aliphatic carbocycles. The summed E-state index contributed by atoms with van der Waals surface area (Å²) in [6.07, 6.45) is 0. The largest absolute Gasteiger partial charge is 0.398 e. The van der Waals surface area contributed by atoms with Crippen molar-refractivity contribution >= 4 is 31.6 Å². The molecule has 0 fully saturated rings. The molecule has 0 saturated heterocycles. The van der Waals surface area contributed by atoms with Crippen LogP contribution in [-0.2, 0) is 10.0 Å². The Morgan fingerprint density at radius 1 is 1.29 bits per heavy atom. The first-order valence-corrected chi connectivity index (χ1v) is 7.59. The predicted octanol–water partition coefficient (Wildman–Crippen LogP) is 2.35. The number of benzene rings is 1. The minimum Gasteiger partial charge on any atom is -0.398 e. The molecule has 0 aliphatic rings. The Morgan fingerprint density at radius 2 is 1.88 bits per heavy atom. The van der Waals surface area contributed by atoms with E-state index in [1.54, 1.807) is 6.07 Å². The molecule has 0 heterocycles. The summed E-state index contributed by atoms with van der Waals surface area (Å²) in [4.78, 5) is 0.214. The van der Waals surface area contributed by atoms with E-state index >= 15 is 0 Å². The second-order valence-corrected chi connectivity index (χ2v) is 6.91. The van der Waals surface area contributed by atoms with Gasteiger partial charge in [0.15, 0.2) is 0 Å². The fourth-order valence-corrected chi connectivity index (χ4v) is 3.07. The molecular formula is C11H17BrN2O2S. The van der Waals surface area contributed by atoms with E-state index in [4.69, 9.17) is 5.73 Å². The van der Waals surface area contributed by atoms with Crippen molar-refractivity contribution in [2.45, 2.75) is 31.7 Å². The highest BCUT2D eigenvalue weighted by Gasteiger charge is 2.19. The third-order valence-electron chi connectivity index (χ3n) is 2.62. The number of halogens is 1. The maximum absolute atomic E-state index is 12.0. The van der Waals surface area contributed by atoms with Crippen LogP contribution in [-0.4, -0.2) is 14.5 Å². The molecule has 4 nitrogen and oxygen atoms in total. The summed E-state index contributed by atoms with van der Waals surface area (Å²) in [5, 5.41) is 0. The minimum atomic E-state index is -3.48. The number of anilines is 1. The Bertz CT molecular complexity index is 500. The lowest BCUT2D eigenvalue weighted by Crippen LogP contribution is -2.36. The minimum absolute atomic E-state index is 0.115. The first-order valence-electron chi connectivity index (χ1n) is 5.31. The molecule has 0 aromatic heterocycles. The van der Waals surface area contributed by atoms with Crippen LogP contribution in [0.5, 0.6) is 0 Å². The van der Waals surface area contributed by atoms with Crippen molar-refractivity contribution in [3.63, 3.8) is 0 Å². The lowest BCUT2D eigenvalue weighted by molar-refractivity contribution is 0.476. The Hall–Kier alpha value is -0.590. The Morgan fingerprint density at radius 3 is 2.35 bits per heavy atom. The first kappa shape index (κ1) is 14.5. The SMILES string of the molecule is CC(C)C(C)NS(=O)(=O)c1ccc(N)c(Br)c1. The zero-order chi connectivity index (χ0) is 13.2.